The molecular formula is C54H44N4. The van der Waals surface area contributed by atoms with Gasteiger partial charge < -0.3 is 19.6 Å². The van der Waals surface area contributed by atoms with Gasteiger partial charge in [0.05, 0.1) is 6.04 Å². The van der Waals surface area contributed by atoms with E-state index in [0.717, 1.165) is 57.6 Å². The van der Waals surface area contributed by atoms with Crippen LogP contribution in [0.25, 0.3) is 0 Å². The van der Waals surface area contributed by atoms with E-state index in [4.69, 9.17) is 0 Å². The zero-order chi connectivity index (χ0) is 38.9. The highest BCUT2D eigenvalue weighted by Gasteiger charge is 2.24. The molecule has 280 valence electrons. The molecule has 8 aromatic carbocycles. The summed E-state index contributed by atoms with van der Waals surface area (Å²) in [5.41, 5.74) is 12.3. The Morgan fingerprint density at radius 1 is 0.276 bits per heavy atom. The molecule has 0 N–H and O–H groups in total. The summed E-state index contributed by atoms with van der Waals surface area (Å²) in [7, 11) is 0. The van der Waals surface area contributed by atoms with Crippen molar-refractivity contribution in [3.05, 3.63) is 254 Å². The van der Waals surface area contributed by atoms with E-state index >= 15 is 0 Å². The van der Waals surface area contributed by atoms with Crippen molar-refractivity contribution in [2.75, 3.05) is 19.6 Å². The van der Waals surface area contributed by atoms with Crippen LogP contribution in [0.2, 0.25) is 0 Å². The monoisotopic (exact) mass is 748 g/mol. The van der Waals surface area contributed by atoms with Crippen LogP contribution in [0.5, 0.6) is 0 Å². The lowest BCUT2D eigenvalue weighted by atomic mass is 10.0. The zero-order valence-electron chi connectivity index (χ0n) is 32.2. The molecule has 0 aromatic heterocycles. The minimum absolute atomic E-state index is 0.149. The maximum Gasteiger partial charge on any atom is 0.0561 e. The van der Waals surface area contributed by atoms with E-state index in [2.05, 4.69) is 268 Å². The van der Waals surface area contributed by atoms with Crippen LogP contribution in [0.1, 0.15) is 6.42 Å². The molecule has 0 heterocycles. The fraction of sp³-hybridized carbons (Fsp3) is 0.0370. The number of benzene rings is 8. The van der Waals surface area contributed by atoms with Gasteiger partial charge in [-0.3, -0.25) is 0 Å². The maximum atomic E-state index is 2.43. The molecule has 1 atom stereocenters. The largest absolute Gasteiger partial charge is 0.334 e. The van der Waals surface area contributed by atoms with E-state index in [1.54, 1.807) is 0 Å². The van der Waals surface area contributed by atoms with Crippen LogP contribution < -0.4 is 19.6 Å². The summed E-state index contributed by atoms with van der Waals surface area (Å²) in [5, 5.41) is 0. The molecule has 0 bridgehead atoms. The molecule has 0 amide bonds. The summed E-state index contributed by atoms with van der Waals surface area (Å²) >= 11 is 0. The maximum absolute atomic E-state index is 2.43. The lowest BCUT2D eigenvalue weighted by Crippen LogP contribution is -2.31. The molecule has 0 saturated heterocycles. The van der Waals surface area contributed by atoms with Crippen molar-refractivity contribution in [3.8, 4) is 0 Å². The van der Waals surface area contributed by atoms with Gasteiger partial charge in [-0.1, -0.05) is 121 Å². The third kappa shape index (κ3) is 7.77. The molecule has 1 aliphatic rings. The lowest BCUT2D eigenvalue weighted by molar-refractivity contribution is 0.777. The summed E-state index contributed by atoms with van der Waals surface area (Å²) in [6.07, 6.45) is 7.86. The van der Waals surface area contributed by atoms with Crippen molar-refractivity contribution in [2.45, 2.75) is 12.5 Å². The smallest absolute Gasteiger partial charge is 0.0561 e. The first kappa shape index (κ1) is 36.1. The molecule has 58 heavy (non-hydrogen) atoms. The summed E-state index contributed by atoms with van der Waals surface area (Å²) in [5.74, 6) is 0. The minimum atomic E-state index is 0.149. The SMILES string of the molecule is C1=CC(N(c2ccccc2)c2ccccc2)CC=C1N(c1ccc(N(c2ccccc2)c2ccccc2)cc1)c1ccc(N(c2ccccc2)c2ccccc2)cc1. The summed E-state index contributed by atoms with van der Waals surface area (Å²) in [6.45, 7) is 0. The second-order valence-electron chi connectivity index (χ2n) is 14.2. The van der Waals surface area contributed by atoms with Crippen molar-refractivity contribution >= 4 is 56.9 Å². The average molecular weight is 749 g/mol. The molecule has 0 aliphatic heterocycles. The van der Waals surface area contributed by atoms with Gasteiger partial charge >= 0.3 is 0 Å². The first-order valence-corrected chi connectivity index (χ1v) is 19.9. The quantitative estimate of drug-likeness (QED) is 0.123. The van der Waals surface area contributed by atoms with Crippen molar-refractivity contribution < 1.29 is 0 Å². The van der Waals surface area contributed by atoms with Crippen LogP contribution in [0.15, 0.2) is 254 Å². The Kier molecular flexibility index (Phi) is 10.6. The Bertz CT molecular complexity index is 2310. The van der Waals surface area contributed by atoms with Crippen LogP contribution in [0.3, 0.4) is 0 Å². The second kappa shape index (κ2) is 17.1. The predicted octanol–water partition coefficient (Wildman–Crippen LogP) is 14.8. The summed E-state index contributed by atoms with van der Waals surface area (Å²) < 4.78 is 0. The molecule has 9 rings (SSSR count). The number of anilines is 10. The van der Waals surface area contributed by atoms with Crippen molar-refractivity contribution in [3.63, 3.8) is 0 Å². The number of hydrogen-bond donors (Lipinski definition) is 0. The van der Waals surface area contributed by atoms with E-state index in [1.807, 2.05) is 0 Å². The van der Waals surface area contributed by atoms with Gasteiger partial charge in [-0.25, -0.2) is 0 Å². The number of nitrogens with zero attached hydrogens (tertiary/aromatic N) is 4. The van der Waals surface area contributed by atoms with Gasteiger partial charge in [-0.15, -0.1) is 0 Å². The molecule has 0 spiro atoms. The van der Waals surface area contributed by atoms with Gasteiger partial charge in [0.15, 0.2) is 0 Å². The van der Waals surface area contributed by atoms with E-state index in [-0.39, 0.29) is 6.04 Å². The first-order valence-electron chi connectivity index (χ1n) is 19.9. The van der Waals surface area contributed by atoms with Gasteiger partial charge in [0, 0.05) is 62.6 Å². The fourth-order valence-corrected chi connectivity index (χ4v) is 7.82. The molecule has 1 unspecified atom stereocenters. The van der Waals surface area contributed by atoms with Gasteiger partial charge in [-0.05, 0) is 134 Å². The van der Waals surface area contributed by atoms with Gasteiger partial charge in [0.2, 0.25) is 0 Å². The minimum Gasteiger partial charge on any atom is -0.334 e. The van der Waals surface area contributed by atoms with Crippen molar-refractivity contribution in [1.82, 2.24) is 0 Å². The Labute approximate surface area is 342 Å². The fourth-order valence-electron chi connectivity index (χ4n) is 7.82. The third-order valence-corrected chi connectivity index (χ3v) is 10.5. The van der Waals surface area contributed by atoms with E-state index in [1.165, 1.54) is 11.4 Å². The highest BCUT2D eigenvalue weighted by molar-refractivity contribution is 5.81. The normalized spacial score (nSPS) is 13.3. The third-order valence-electron chi connectivity index (χ3n) is 10.5. The molecular weight excluding hydrogens is 705 g/mol. The highest BCUT2D eigenvalue weighted by Crippen LogP contribution is 2.41. The number of para-hydroxylation sites is 6. The van der Waals surface area contributed by atoms with Crippen molar-refractivity contribution in [2.24, 2.45) is 0 Å². The molecule has 0 fully saturated rings. The topological polar surface area (TPSA) is 13.0 Å². The summed E-state index contributed by atoms with van der Waals surface area (Å²) in [6, 6.07) is 81.6. The Balaban J connectivity index is 1.10. The van der Waals surface area contributed by atoms with E-state index in [0.29, 0.717) is 0 Å². The average Bonchev–Trinajstić information content (AvgIpc) is 3.30. The van der Waals surface area contributed by atoms with Crippen molar-refractivity contribution in [1.29, 1.82) is 0 Å². The van der Waals surface area contributed by atoms with E-state index in [9.17, 15) is 0 Å². The molecule has 0 radical (unpaired) electrons. The predicted molar refractivity (Wildman–Crippen MR) is 245 cm³/mol. The van der Waals surface area contributed by atoms with Crippen LogP contribution in [-0.4, -0.2) is 6.04 Å². The standard InChI is InChI=1S/C54H44N4/c1-7-19-43(20-8-1)55(44-21-9-2-10-22-44)49-31-37-52(38-32-49)58(53-39-33-50(34-40-53)56(45-23-11-3-12-24-45)46-25-13-4-14-26-46)54-41-35-51(36-42-54)57(47-27-15-5-16-28-47)48-29-17-6-18-30-48/h1-35,37-42,51H,36H2. The Hall–Kier alpha value is -7.56. The number of rotatable bonds is 12. The van der Waals surface area contributed by atoms with Crippen LogP contribution in [0, 0.1) is 0 Å². The first-order chi connectivity index (χ1) is 28.8. The zero-order valence-corrected chi connectivity index (χ0v) is 32.2. The number of hydrogen-bond acceptors (Lipinski definition) is 4. The van der Waals surface area contributed by atoms with Crippen LogP contribution in [-0.2, 0) is 0 Å². The van der Waals surface area contributed by atoms with Gasteiger partial charge in [0.1, 0.15) is 0 Å². The molecule has 1 aliphatic carbocycles. The highest BCUT2D eigenvalue weighted by atomic mass is 15.2. The second-order valence-corrected chi connectivity index (χ2v) is 14.2. The Morgan fingerprint density at radius 2 is 0.534 bits per heavy atom. The summed E-state index contributed by atoms with van der Waals surface area (Å²) in [4.78, 5) is 9.41. The van der Waals surface area contributed by atoms with E-state index < -0.39 is 0 Å². The molecule has 8 aromatic rings. The van der Waals surface area contributed by atoms with Gasteiger partial charge in [0.25, 0.3) is 0 Å². The molecule has 0 saturated carbocycles. The van der Waals surface area contributed by atoms with Crippen LogP contribution in [0.4, 0.5) is 56.9 Å². The number of allylic oxidation sites excluding steroid dienone is 1. The lowest BCUT2D eigenvalue weighted by Gasteiger charge is -2.35. The Morgan fingerprint density at radius 3 is 0.810 bits per heavy atom. The molecule has 4 heteroatoms. The van der Waals surface area contributed by atoms with Gasteiger partial charge in [-0.2, -0.15) is 0 Å². The molecule has 4 nitrogen and oxygen atoms in total. The van der Waals surface area contributed by atoms with Crippen LogP contribution >= 0.6 is 0 Å².